The Bertz CT molecular complexity index is 641. The molecular formula is C21H27N3O. The SMILES string of the molecule is c1ccc(OCCN(Cc2cccnc2)[C@@H]2CN3CCC2CC3)cc1. The van der Waals surface area contributed by atoms with Crippen molar-refractivity contribution in [1.82, 2.24) is 14.8 Å². The summed E-state index contributed by atoms with van der Waals surface area (Å²) >= 11 is 0. The largest absolute Gasteiger partial charge is 0.492 e. The molecule has 1 aromatic heterocycles. The van der Waals surface area contributed by atoms with E-state index in [1.54, 1.807) is 0 Å². The van der Waals surface area contributed by atoms with Crippen LogP contribution in [-0.2, 0) is 6.54 Å². The number of pyridine rings is 1. The van der Waals surface area contributed by atoms with E-state index in [0.29, 0.717) is 6.04 Å². The number of hydrogen-bond acceptors (Lipinski definition) is 4. The quantitative estimate of drug-likeness (QED) is 0.776. The molecule has 2 bridgehead atoms. The Hall–Kier alpha value is -1.91. The van der Waals surface area contributed by atoms with Crippen LogP contribution in [0.4, 0.5) is 0 Å². The first kappa shape index (κ1) is 16.6. The molecule has 0 spiro atoms. The number of benzene rings is 1. The monoisotopic (exact) mass is 337 g/mol. The molecule has 25 heavy (non-hydrogen) atoms. The number of piperidine rings is 3. The fourth-order valence-electron chi connectivity index (χ4n) is 4.23. The lowest BCUT2D eigenvalue weighted by Crippen LogP contribution is -2.57. The third kappa shape index (κ3) is 4.20. The van der Waals surface area contributed by atoms with Gasteiger partial charge in [0.15, 0.2) is 0 Å². The first-order valence-corrected chi connectivity index (χ1v) is 9.41. The second-order valence-electron chi connectivity index (χ2n) is 7.20. The third-order valence-electron chi connectivity index (χ3n) is 5.59. The number of ether oxygens (including phenoxy) is 1. The van der Waals surface area contributed by atoms with Crippen molar-refractivity contribution in [2.24, 2.45) is 5.92 Å². The Balaban J connectivity index is 1.42. The fraction of sp³-hybridized carbons (Fsp3) is 0.476. The number of fused-ring (bicyclic) bond motifs is 3. The van der Waals surface area contributed by atoms with Crippen LogP contribution < -0.4 is 4.74 Å². The molecule has 3 saturated heterocycles. The van der Waals surface area contributed by atoms with E-state index in [-0.39, 0.29) is 0 Å². The van der Waals surface area contributed by atoms with Crippen LogP contribution >= 0.6 is 0 Å². The van der Waals surface area contributed by atoms with Crippen molar-refractivity contribution in [2.75, 3.05) is 32.8 Å². The Morgan fingerprint density at radius 2 is 1.92 bits per heavy atom. The highest BCUT2D eigenvalue weighted by Gasteiger charge is 2.37. The summed E-state index contributed by atoms with van der Waals surface area (Å²) in [6.45, 7) is 6.41. The van der Waals surface area contributed by atoms with Crippen LogP contribution in [0.25, 0.3) is 0 Å². The maximum absolute atomic E-state index is 5.97. The van der Waals surface area contributed by atoms with Crippen molar-refractivity contribution < 1.29 is 4.74 Å². The van der Waals surface area contributed by atoms with Crippen LogP contribution in [0.15, 0.2) is 54.9 Å². The van der Waals surface area contributed by atoms with Crippen LogP contribution in [0, 0.1) is 5.92 Å². The average Bonchev–Trinajstić information content (AvgIpc) is 2.70. The lowest BCUT2D eigenvalue weighted by molar-refractivity contribution is -0.00343. The zero-order valence-electron chi connectivity index (χ0n) is 14.8. The highest BCUT2D eigenvalue weighted by Crippen LogP contribution is 2.31. The molecule has 1 aromatic carbocycles. The van der Waals surface area contributed by atoms with Gasteiger partial charge in [-0.15, -0.1) is 0 Å². The summed E-state index contributed by atoms with van der Waals surface area (Å²) in [5, 5.41) is 0. The second kappa shape index (κ2) is 7.98. The minimum absolute atomic E-state index is 0.641. The lowest BCUT2D eigenvalue weighted by Gasteiger charge is -2.49. The minimum Gasteiger partial charge on any atom is -0.492 e. The van der Waals surface area contributed by atoms with Crippen molar-refractivity contribution in [3.63, 3.8) is 0 Å². The Kier molecular flexibility index (Phi) is 5.28. The number of hydrogen-bond donors (Lipinski definition) is 0. The molecule has 5 rings (SSSR count). The summed E-state index contributed by atoms with van der Waals surface area (Å²) in [4.78, 5) is 9.54. The first-order chi connectivity index (χ1) is 12.4. The number of para-hydroxylation sites is 1. The molecule has 0 amide bonds. The molecule has 2 aromatic rings. The van der Waals surface area contributed by atoms with Crippen molar-refractivity contribution >= 4 is 0 Å². The smallest absolute Gasteiger partial charge is 0.119 e. The van der Waals surface area contributed by atoms with E-state index in [1.807, 2.05) is 48.8 Å². The molecule has 3 aliphatic rings. The van der Waals surface area contributed by atoms with Gasteiger partial charge in [0.05, 0.1) is 0 Å². The van der Waals surface area contributed by atoms with Gasteiger partial charge in [0.2, 0.25) is 0 Å². The van der Waals surface area contributed by atoms with Gasteiger partial charge in [0.1, 0.15) is 12.4 Å². The molecule has 0 aliphatic carbocycles. The normalized spacial score (nSPS) is 25.2. The van der Waals surface area contributed by atoms with Gasteiger partial charge in [-0.2, -0.15) is 0 Å². The van der Waals surface area contributed by atoms with Gasteiger partial charge in [-0.25, -0.2) is 0 Å². The average molecular weight is 337 g/mol. The Morgan fingerprint density at radius 1 is 1.08 bits per heavy atom. The molecule has 1 atom stereocenters. The molecule has 0 N–H and O–H groups in total. The summed E-state index contributed by atoms with van der Waals surface area (Å²) in [7, 11) is 0. The van der Waals surface area contributed by atoms with E-state index in [4.69, 9.17) is 4.74 Å². The summed E-state index contributed by atoms with van der Waals surface area (Å²) in [5.74, 6) is 1.79. The van der Waals surface area contributed by atoms with Crippen molar-refractivity contribution in [2.45, 2.75) is 25.4 Å². The van der Waals surface area contributed by atoms with Gasteiger partial charge in [-0.1, -0.05) is 24.3 Å². The maximum Gasteiger partial charge on any atom is 0.119 e. The molecule has 4 heterocycles. The molecule has 4 nitrogen and oxygen atoms in total. The highest BCUT2D eigenvalue weighted by atomic mass is 16.5. The van der Waals surface area contributed by atoms with Crippen molar-refractivity contribution in [3.05, 3.63) is 60.4 Å². The molecule has 4 heteroatoms. The molecule has 0 saturated carbocycles. The molecular weight excluding hydrogens is 310 g/mol. The molecule has 3 fully saturated rings. The van der Waals surface area contributed by atoms with Gasteiger partial charge >= 0.3 is 0 Å². The predicted molar refractivity (Wildman–Crippen MR) is 99.5 cm³/mol. The first-order valence-electron chi connectivity index (χ1n) is 9.41. The third-order valence-corrected chi connectivity index (χ3v) is 5.59. The summed E-state index contributed by atoms with van der Waals surface area (Å²) in [6.07, 6.45) is 6.52. The van der Waals surface area contributed by atoms with E-state index in [2.05, 4.69) is 20.9 Å². The van der Waals surface area contributed by atoms with E-state index in [1.165, 1.54) is 38.0 Å². The molecule has 0 unspecified atom stereocenters. The zero-order chi connectivity index (χ0) is 16.9. The Labute approximate surface area is 150 Å². The van der Waals surface area contributed by atoms with Gasteiger partial charge in [0, 0.05) is 38.1 Å². The fourth-order valence-corrected chi connectivity index (χ4v) is 4.23. The number of rotatable bonds is 7. The number of aromatic nitrogens is 1. The van der Waals surface area contributed by atoms with Crippen LogP contribution in [0.1, 0.15) is 18.4 Å². The Morgan fingerprint density at radius 3 is 2.60 bits per heavy atom. The van der Waals surface area contributed by atoms with E-state index < -0.39 is 0 Å². The van der Waals surface area contributed by atoms with Gasteiger partial charge < -0.3 is 9.64 Å². The summed E-state index contributed by atoms with van der Waals surface area (Å²) in [5.41, 5.74) is 1.29. The molecule has 3 aliphatic heterocycles. The van der Waals surface area contributed by atoms with Gasteiger partial charge in [-0.05, 0) is 55.6 Å². The topological polar surface area (TPSA) is 28.6 Å². The second-order valence-corrected chi connectivity index (χ2v) is 7.20. The van der Waals surface area contributed by atoms with Crippen molar-refractivity contribution in [3.8, 4) is 5.75 Å². The highest BCUT2D eigenvalue weighted by molar-refractivity contribution is 5.20. The van der Waals surface area contributed by atoms with Crippen LogP contribution in [0.5, 0.6) is 5.75 Å². The number of nitrogens with zero attached hydrogens (tertiary/aromatic N) is 3. The molecule has 132 valence electrons. The maximum atomic E-state index is 5.97. The minimum atomic E-state index is 0.641. The summed E-state index contributed by atoms with van der Waals surface area (Å²) in [6, 6.07) is 15.0. The van der Waals surface area contributed by atoms with E-state index in [9.17, 15) is 0 Å². The predicted octanol–water partition coefficient (Wildman–Crippen LogP) is 3.06. The van der Waals surface area contributed by atoms with Gasteiger partial charge in [0.25, 0.3) is 0 Å². The van der Waals surface area contributed by atoms with Crippen LogP contribution in [0.2, 0.25) is 0 Å². The van der Waals surface area contributed by atoms with Gasteiger partial charge in [-0.3, -0.25) is 9.88 Å². The van der Waals surface area contributed by atoms with E-state index >= 15 is 0 Å². The van der Waals surface area contributed by atoms with E-state index in [0.717, 1.165) is 31.4 Å². The van der Waals surface area contributed by atoms with Crippen molar-refractivity contribution in [1.29, 1.82) is 0 Å². The summed E-state index contributed by atoms with van der Waals surface area (Å²) < 4.78 is 5.97. The zero-order valence-corrected chi connectivity index (χ0v) is 14.8. The van der Waals surface area contributed by atoms with Crippen LogP contribution in [0.3, 0.4) is 0 Å². The van der Waals surface area contributed by atoms with Crippen LogP contribution in [-0.4, -0.2) is 53.6 Å². The standard InChI is InChI=1S/C21H27N3O/c1-2-6-20(7-3-1)25-14-13-24(16-18-5-4-10-22-15-18)21-17-23-11-8-19(21)9-12-23/h1-7,10,15,19,21H,8-9,11-14,16-17H2/t21-/m1/s1. The lowest BCUT2D eigenvalue weighted by atomic mass is 9.83. The molecule has 0 radical (unpaired) electrons.